The van der Waals surface area contributed by atoms with E-state index in [0.717, 1.165) is 43.7 Å². The summed E-state index contributed by atoms with van der Waals surface area (Å²) in [6, 6.07) is 12.8. The van der Waals surface area contributed by atoms with Crippen molar-refractivity contribution < 1.29 is 18.3 Å². The molecule has 0 bridgehead atoms. The number of nitriles is 1. The Morgan fingerprint density at radius 2 is 1.98 bits per heavy atom. The highest BCUT2D eigenvalue weighted by atomic mass is 35.5. The zero-order valence-electron chi connectivity index (χ0n) is 30.7. The number of hydrogen-bond acceptors (Lipinski definition) is 11. The summed E-state index contributed by atoms with van der Waals surface area (Å²) in [5.74, 6) is 0.437. The van der Waals surface area contributed by atoms with Gasteiger partial charge in [0.15, 0.2) is 5.82 Å². The number of halogens is 3. The highest BCUT2D eigenvalue weighted by molar-refractivity contribution is 6.36. The standard InChI is InChI=1S/C40H40ClF2N11O2/c41-31-8-2-6-26-5-1-7-29(34(26)31)36-35(43)37-30(20-45-36)38(48-39(47-37)56-24-40-11-4-14-53(40)21-27(42)19-40)51-17-18-54(28(22-51)10-12-44)33(55)9-3-13-50-15-16-52-25-46-49-32(52)23-50/h1-3,5-9,20,25,27-28H,4,10-11,13-19,21-24H2/b9-3+/t27-,28+,40+/m1/s1. The van der Waals surface area contributed by atoms with E-state index in [1.165, 1.54) is 0 Å². The Kier molecular flexibility index (Phi) is 9.72. The number of carbonyl (C=O) groups excluding carboxylic acids is 1. The fourth-order valence-corrected chi connectivity index (χ4v) is 9.23. The number of carbonyl (C=O) groups is 1. The zero-order chi connectivity index (χ0) is 38.4. The van der Waals surface area contributed by atoms with E-state index in [9.17, 15) is 14.4 Å². The Balaban J connectivity index is 1.02. The molecule has 0 spiro atoms. The summed E-state index contributed by atoms with van der Waals surface area (Å²) in [7, 11) is 0. The van der Waals surface area contributed by atoms with Crippen molar-refractivity contribution in [3.8, 4) is 23.3 Å². The molecule has 0 N–H and O–H groups in total. The van der Waals surface area contributed by atoms with Crippen molar-refractivity contribution >= 4 is 45.0 Å². The first-order valence-electron chi connectivity index (χ1n) is 19.0. The molecule has 16 heteroatoms. The minimum Gasteiger partial charge on any atom is -0.461 e. The van der Waals surface area contributed by atoms with Gasteiger partial charge in [-0.25, -0.2) is 8.78 Å². The second-order valence-corrected chi connectivity index (χ2v) is 15.5. The molecule has 3 fully saturated rings. The van der Waals surface area contributed by atoms with Gasteiger partial charge in [0.2, 0.25) is 5.91 Å². The van der Waals surface area contributed by atoms with Crippen molar-refractivity contribution in [1.29, 1.82) is 5.26 Å². The second-order valence-electron chi connectivity index (χ2n) is 15.1. The molecule has 0 unspecified atom stereocenters. The quantitative estimate of drug-likeness (QED) is 0.183. The lowest BCUT2D eigenvalue weighted by atomic mass is 9.95. The summed E-state index contributed by atoms with van der Waals surface area (Å²) >= 11 is 6.65. The number of amides is 1. The van der Waals surface area contributed by atoms with Crippen LogP contribution in [-0.2, 0) is 17.9 Å². The van der Waals surface area contributed by atoms with Crippen molar-refractivity contribution in [2.75, 3.05) is 57.3 Å². The molecule has 13 nitrogen and oxygen atoms in total. The third-order valence-electron chi connectivity index (χ3n) is 11.7. The maximum Gasteiger partial charge on any atom is 0.319 e. The topological polar surface area (TPSA) is 132 Å². The molecule has 3 saturated heterocycles. The van der Waals surface area contributed by atoms with E-state index >= 15 is 4.39 Å². The number of pyridine rings is 1. The van der Waals surface area contributed by atoms with Crippen LogP contribution in [0, 0.1) is 17.1 Å². The molecule has 0 aliphatic carbocycles. The first-order valence-corrected chi connectivity index (χ1v) is 19.4. The van der Waals surface area contributed by atoms with Gasteiger partial charge in [-0.3, -0.25) is 19.6 Å². The smallest absolute Gasteiger partial charge is 0.319 e. The molecule has 288 valence electrons. The van der Waals surface area contributed by atoms with Gasteiger partial charge in [-0.1, -0.05) is 48.0 Å². The molecular weight excluding hydrogens is 740 g/mol. The largest absolute Gasteiger partial charge is 0.461 e. The van der Waals surface area contributed by atoms with Crippen LogP contribution >= 0.6 is 11.6 Å². The fraction of sp³-hybridized carbons (Fsp3) is 0.425. The summed E-state index contributed by atoms with van der Waals surface area (Å²) in [6.07, 6.45) is 7.95. The normalized spacial score (nSPS) is 22.9. The highest BCUT2D eigenvalue weighted by Gasteiger charge is 2.49. The van der Waals surface area contributed by atoms with Gasteiger partial charge in [-0.15, -0.1) is 10.2 Å². The summed E-state index contributed by atoms with van der Waals surface area (Å²) in [5.41, 5.74) is 0.154. The molecule has 0 saturated carbocycles. The molecule has 1 amide bonds. The molecule has 3 atom stereocenters. The van der Waals surface area contributed by atoms with Crippen LogP contribution in [0.25, 0.3) is 32.9 Å². The SMILES string of the molecule is N#CC[C@H]1CN(c2nc(OC[C@@]34CCCN3C[C@H](F)C4)nc3c(F)c(-c4cccc5cccc(Cl)c45)ncc23)CCN1C(=O)/C=C/CN1CCn2cnnc2C1. The maximum atomic E-state index is 17.0. The van der Waals surface area contributed by atoms with Crippen molar-refractivity contribution in [2.24, 2.45) is 0 Å². The van der Waals surface area contributed by atoms with Crippen LogP contribution in [0.3, 0.4) is 0 Å². The van der Waals surface area contributed by atoms with Gasteiger partial charge < -0.3 is 19.1 Å². The summed E-state index contributed by atoms with van der Waals surface area (Å²) in [5, 5.41) is 20.3. The number of nitrogens with zero attached hydrogens (tertiary/aromatic N) is 11. The van der Waals surface area contributed by atoms with E-state index in [1.807, 2.05) is 39.8 Å². The number of benzene rings is 2. The van der Waals surface area contributed by atoms with Crippen LogP contribution in [0.1, 0.15) is 31.5 Å². The van der Waals surface area contributed by atoms with E-state index in [1.54, 1.807) is 35.6 Å². The lowest BCUT2D eigenvalue weighted by molar-refractivity contribution is -0.128. The average molecular weight is 780 g/mol. The van der Waals surface area contributed by atoms with Crippen molar-refractivity contribution in [2.45, 2.75) is 56.5 Å². The number of hydrogen-bond donors (Lipinski definition) is 0. The number of alkyl halides is 1. The lowest BCUT2D eigenvalue weighted by Crippen LogP contribution is -2.55. The van der Waals surface area contributed by atoms with E-state index in [-0.39, 0.29) is 42.7 Å². The Hall–Kier alpha value is -5.30. The van der Waals surface area contributed by atoms with Gasteiger partial charge in [0.1, 0.15) is 42.0 Å². The molecule has 2 aromatic carbocycles. The Labute approximate surface area is 327 Å². The van der Waals surface area contributed by atoms with E-state index in [4.69, 9.17) is 21.3 Å². The van der Waals surface area contributed by atoms with Gasteiger partial charge >= 0.3 is 6.01 Å². The van der Waals surface area contributed by atoms with Gasteiger partial charge in [0.25, 0.3) is 0 Å². The summed E-state index contributed by atoms with van der Waals surface area (Å²) in [6.45, 7) is 5.10. The summed E-state index contributed by atoms with van der Waals surface area (Å²) < 4.78 is 40.0. The number of fused-ring (bicyclic) bond motifs is 4. The average Bonchev–Trinajstić information content (AvgIpc) is 3.91. The third-order valence-corrected chi connectivity index (χ3v) is 12.0. The van der Waals surface area contributed by atoms with E-state index in [0.29, 0.717) is 66.3 Å². The van der Waals surface area contributed by atoms with Crippen LogP contribution in [-0.4, -0.2) is 120 Å². The van der Waals surface area contributed by atoms with Crippen LogP contribution in [0.5, 0.6) is 6.01 Å². The van der Waals surface area contributed by atoms with Gasteiger partial charge in [-0.2, -0.15) is 15.2 Å². The Morgan fingerprint density at radius 3 is 2.86 bits per heavy atom. The number of anilines is 1. The van der Waals surface area contributed by atoms with Gasteiger partial charge in [0.05, 0.1) is 36.0 Å². The first-order chi connectivity index (χ1) is 27.3. The molecule has 56 heavy (non-hydrogen) atoms. The predicted octanol–water partition coefficient (Wildman–Crippen LogP) is 5.19. The monoisotopic (exact) mass is 779 g/mol. The minimum absolute atomic E-state index is 0.0175. The van der Waals surface area contributed by atoms with Gasteiger partial charge in [-0.05, 0) is 30.8 Å². The number of ether oxygens (including phenoxy) is 1. The Bertz CT molecular complexity index is 2380. The molecule has 7 heterocycles. The first kappa shape index (κ1) is 36.3. The van der Waals surface area contributed by atoms with Crippen molar-refractivity contribution in [1.82, 2.24) is 44.4 Å². The molecule has 4 aliphatic rings. The number of aromatic nitrogens is 6. The van der Waals surface area contributed by atoms with E-state index < -0.39 is 23.6 Å². The fourth-order valence-electron chi connectivity index (χ4n) is 8.94. The van der Waals surface area contributed by atoms with Crippen molar-refractivity contribution in [3.63, 3.8) is 0 Å². The summed E-state index contributed by atoms with van der Waals surface area (Å²) in [4.78, 5) is 35.7. The second kappa shape index (κ2) is 15.0. The zero-order valence-corrected chi connectivity index (χ0v) is 31.5. The molecular formula is C40H40ClF2N11O2. The van der Waals surface area contributed by atoms with Crippen LogP contribution < -0.4 is 9.64 Å². The molecule has 4 aliphatic heterocycles. The lowest BCUT2D eigenvalue weighted by Gasteiger charge is -2.41. The third kappa shape index (κ3) is 6.69. The minimum atomic E-state index is -0.941. The number of piperazine rings is 1. The van der Waals surface area contributed by atoms with E-state index in [2.05, 4.69) is 36.0 Å². The highest BCUT2D eigenvalue weighted by Crippen LogP contribution is 2.41. The van der Waals surface area contributed by atoms with Crippen LogP contribution in [0.4, 0.5) is 14.6 Å². The molecule has 0 radical (unpaired) electrons. The van der Waals surface area contributed by atoms with Gasteiger partial charge in [0, 0.05) is 80.5 Å². The predicted molar refractivity (Wildman–Crippen MR) is 206 cm³/mol. The molecule has 9 rings (SSSR count). The van der Waals surface area contributed by atoms with Crippen molar-refractivity contribution in [3.05, 3.63) is 77.7 Å². The maximum absolute atomic E-state index is 17.0. The number of rotatable bonds is 9. The molecule has 5 aromatic rings. The Morgan fingerprint density at radius 1 is 1.11 bits per heavy atom. The van der Waals surface area contributed by atoms with Crippen LogP contribution in [0.2, 0.25) is 5.02 Å². The van der Waals surface area contributed by atoms with Crippen LogP contribution in [0.15, 0.2) is 61.1 Å². The molecule has 3 aromatic heterocycles.